The summed E-state index contributed by atoms with van der Waals surface area (Å²) in [5.74, 6) is 6.58. The molecule has 0 saturated carbocycles. The lowest BCUT2D eigenvalue weighted by atomic mass is 9.75. The van der Waals surface area contributed by atoms with Crippen molar-refractivity contribution in [1.82, 2.24) is 18.8 Å². The van der Waals surface area contributed by atoms with Gasteiger partial charge in [-0.05, 0) is 98.2 Å². The van der Waals surface area contributed by atoms with Crippen molar-refractivity contribution in [3.63, 3.8) is 0 Å². The molecule has 0 fully saturated rings. The van der Waals surface area contributed by atoms with Crippen molar-refractivity contribution >= 4 is 37.8 Å². The van der Waals surface area contributed by atoms with E-state index in [2.05, 4.69) is 9.93 Å². The number of ketones is 2. The summed E-state index contributed by atoms with van der Waals surface area (Å²) < 4.78 is 71.8. The zero-order chi connectivity index (χ0) is 55.2. The van der Waals surface area contributed by atoms with E-state index in [1.54, 1.807) is 65.5 Å². The van der Waals surface area contributed by atoms with Gasteiger partial charge >= 0.3 is 0 Å². The van der Waals surface area contributed by atoms with Crippen LogP contribution in [0, 0.1) is 36.0 Å². The Morgan fingerprint density at radius 1 is 0.600 bits per heavy atom. The number of nitriles is 1. The van der Waals surface area contributed by atoms with Gasteiger partial charge < -0.3 is 18.9 Å². The third kappa shape index (κ3) is 12.7. The fourth-order valence-electron chi connectivity index (χ4n) is 8.59. The Labute approximate surface area is 435 Å². The van der Waals surface area contributed by atoms with Crippen LogP contribution in [0.25, 0.3) is 11.4 Å². The summed E-state index contributed by atoms with van der Waals surface area (Å²) in [5, 5.41) is 13.2. The van der Waals surface area contributed by atoms with Crippen molar-refractivity contribution < 1.29 is 45.4 Å². The Morgan fingerprint density at radius 2 is 1.03 bits per heavy atom. The molecule has 0 amide bonds. The van der Waals surface area contributed by atoms with Gasteiger partial charge in [0.1, 0.15) is 34.6 Å². The van der Waals surface area contributed by atoms with Gasteiger partial charge in [-0.15, -0.1) is 0 Å². The number of hydrogen-bond donors (Lipinski definition) is 3. The number of rotatable bonds is 12. The number of nitrogens with one attached hydrogen (secondary N) is 2. The van der Waals surface area contributed by atoms with Gasteiger partial charge in [0, 0.05) is 47.5 Å². The van der Waals surface area contributed by atoms with Crippen LogP contribution in [-0.2, 0) is 32.9 Å². The summed E-state index contributed by atoms with van der Waals surface area (Å²) in [4.78, 5) is 56.7. The summed E-state index contributed by atoms with van der Waals surface area (Å²) in [5.41, 5.74) is 3.13. The Morgan fingerprint density at radius 3 is 1.44 bits per heavy atom. The first kappa shape index (κ1) is 56.4. The van der Waals surface area contributed by atoms with E-state index in [0.29, 0.717) is 82.6 Å². The molecule has 6 aromatic rings. The Hall–Kier alpha value is -7.90. The fourth-order valence-corrected chi connectivity index (χ4v) is 10.0. The standard InChI is InChI=1S/C27H29N3O6S.C20H20N2O4.C7H10N2O2S/c1-17-6-9-20(10-7-17)37(33,34)29-28-16-18-12-21-23(14-27(2,3)15-24(21)31)30(26(18)32)22-13-19(35-4)8-11-25(22)36-5;1-20(2)9-16-14(17(23)10-20)7-12(11-21)19(24)22(16)15-8-13(25-3)5-6-18(15)26-4;1-6-2-4-7(5-3-6)12(10,11)9-8/h6-13,16,29H,14-15H2,1-5H3;5-8H,9-10H2,1-4H3;2-5,9H,8H2,1H3/b28-16+;;. The second-order valence-corrected chi connectivity index (χ2v) is 22.7. The average molecular weight is 1060 g/mol. The molecule has 0 unspecified atom stereocenters. The molecule has 2 aromatic heterocycles. The molecule has 75 heavy (non-hydrogen) atoms. The molecule has 0 aliphatic heterocycles. The number of hydrazine groups is 1. The van der Waals surface area contributed by atoms with Crippen LogP contribution in [0.4, 0.5) is 0 Å². The number of sulfonamides is 2. The van der Waals surface area contributed by atoms with Crippen LogP contribution in [0.1, 0.15) is 94.9 Å². The van der Waals surface area contributed by atoms with Gasteiger partial charge in [0.15, 0.2) is 11.6 Å². The van der Waals surface area contributed by atoms with Gasteiger partial charge in [-0.2, -0.15) is 23.6 Å². The number of methoxy groups -OCH3 is 4. The van der Waals surface area contributed by atoms with Crippen LogP contribution in [0.5, 0.6) is 23.0 Å². The number of aromatic nitrogens is 2. The number of nitrogens with two attached hydrogens (primary N) is 1. The van der Waals surface area contributed by atoms with E-state index in [1.807, 2.05) is 47.6 Å². The van der Waals surface area contributed by atoms with Gasteiger partial charge in [0.05, 0.1) is 61.4 Å². The zero-order valence-electron chi connectivity index (χ0n) is 43.2. The second-order valence-electron chi connectivity index (χ2n) is 19.3. The average Bonchev–Trinajstić information content (AvgIpc) is 3.36. The first-order chi connectivity index (χ1) is 35.3. The highest BCUT2D eigenvalue weighted by molar-refractivity contribution is 7.89. The molecule has 394 valence electrons. The first-order valence-corrected chi connectivity index (χ1v) is 26.2. The van der Waals surface area contributed by atoms with Crippen molar-refractivity contribution in [2.45, 2.75) is 77.0 Å². The van der Waals surface area contributed by atoms with Gasteiger partial charge in [0.25, 0.3) is 31.2 Å². The van der Waals surface area contributed by atoms with E-state index in [-0.39, 0.29) is 43.3 Å². The van der Waals surface area contributed by atoms with Crippen LogP contribution in [0.15, 0.2) is 122 Å². The van der Waals surface area contributed by atoms with E-state index < -0.39 is 31.2 Å². The fraction of sp³-hybridized carbons (Fsp3) is 0.296. The smallest absolute Gasteiger partial charge is 0.276 e. The lowest BCUT2D eigenvalue weighted by Crippen LogP contribution is -2.36. The van der Waals surface area contributed by atoms with Crippen molar-refractivity contribution in [2.75, 3.05) is 28.4 Å². The number of ether oxygens (including phenoxy) is 4. The highest BCUT2D eigenvalue weighted by Gasteiger charge is 2.36. The predicted molar refractivity (Wildman–Crippen MR) is 283 cm³/mol. The number of carbonyl (C=O) groups is 2. The highest BCUT2D eigenvalue weighted by atomic mass is 32.2. The Balaban J connectivity index is 0.000000207. The van der Waals surface area contributed by atoms with E-state index >= 15 is 0 Å². The van der Waals surface area contributed by atoms with Gasteiger partial charge in [-0.3, -0.25) is 34.2 Å². The molecule has 19 nitrogen and oxygen atoms in total. The minimum absolute atomic E-state index is 0.0385. The quantitative estimate of drug-likeness (QED) is 0.0657. The molecule has 21 heteroatoms. The lowest BCUT2D eigenvalue weighted by molar-refractivity contribution is 0.0899. The number of benzene rings is 4. The number of nitrogens with zero attached hydrogens (tertiary/aromatic N) is 4. The van der Waals surface area contributed by atoms with Crippen LogP contribution >= 0.6 is 0 Å². The minimum Gasteiger partial charge on any atom is -0.497 e. The monoisotopic (exact) mass is 1060 g/mol. The molecule has 4 aromatic carbocycles. The van der Waals surface area contributed by atoms with Crippen molar-refractivity contribution in [3.8, 4) is 40.4 Å². The largest absolute Gasteiger partial charge is 0.497 e. The normalized spacial score (nSPS) is 14.4. The molecular weight excluding hydrogens is 1000 g/mol. The molecule has 2 aliphatic rings. The summed E-state index contributed by atoms with van der Waals surface area (Å²) >= 11 is 0. The van der Waals surface area contributed by atoms with E-state index in [0.717, 1.165) is 17.3 Å². The third-order valence-electron chi connectivity index (χ3n) is 12.4. The summed E-state index contributed by atoms with van der Waals surface area (Å²) in [7, 11) is -1.39. The molecule has 0 saturated heterocycles. The van der Waals surface area contributed by atoms with Gasteiger partial charge in [-0.1, -0.05) is 63.1 Å². The van der Waals surface area contributed by atoms with Crippen LogP contribution in [0.2, 0.25) is 0 Å². The number of Topliss-reactive ketones (excluding diaryl/α,β-unsaturated/α-hetero) is 2. The molecule has 2 aliphatic carbocycles. The summed E-state index contributed by atoms with van der Waals surface area (Å²) in [6.07, 6.45) is 2.81. The predicted octanol–water partition coefficient (Wildman–Crippen LogP) is 6.66. The topological polar surface area (TPSA) is 270 Å². The maximum atomic E-state index is 13.8. The molecule has 4 N–H and O–H groups in total. The lowest BCUT2D eigenvalue weighted by Gasteiger charge is -2.32. The Kier molecular flexibility index (Phi) is 17.1. The van der Waals surface area contributed by atoms with Crippen LogP contribution < -0.4 is 45.6 Å². The maximum absolute atomic E-state index is 13.8. The number of carbonyl (C=O) groups excluding carboxylic acids is 2. The van der Waals surface area contributed by atoms with Gasteiger partial charge in [-0.25, -0.2) is 13.2 Å². The van der Waals surface area contributed by atoms with Crippen molar-refractivity contribution in [1.29, 1.82) is 5.26 Å². The summed E-state index contributed by atoms with van der Waals surface area (Å²) in [6, 6.07) is 27.7. The van der Waals surface area contributed by atoms with E-state index in [1.165, 1.54) is 74.0 Å². The first-order valence-electron chi connectivity index (χ1n) is 23.2. The zero-order valence-corrected chi connectivity index (χ0v) is 44.9. The molecule has 8 rings (SSSR count). The van der Waals surface area contributed by atoms with E-state index in [9.17, 15) is 41.3 Å². The third-order valence-corrected chi connectivity index (χ3v) is 14.8. The molecule has 0 atom stereocenters. The molecule has 0 bridgehead atoms. The number of aryl methyl sites for hydroxylation is 2. The van der Waals surface area contributed by atoms with E-state index in [4.69, 9.17) is 24.8 Å². The molecule has 0 radical (unpaired) electrons. The molecular formula is C54H59N7O12S2. The highest BCUT2D eigenvalue weighted by Crippen LogP contribution is 2.39. The SMILES string of the molecule is COc1ccc(OC)c(-n2c3c(cc(/C=N/NS(=O)(=O)c4ccc(C)cc4)c2=O)C(=O)CC(C)(C)C3)c1.COc1ccc(OC)c(-n2c3c(cc(C#N)c2=O)C(=O)CC(C)(C)C3)c1.Cc1ccc(S(=O)(=O)NN)cc1. The molecule has 2 heterocycles. The maximum Gasteiger partial charge on any atom is 0.276 e. The number of hydrogen-bond acceptors (Lipinski definition) is 15. The number of fused-ring (bicyclic) bond motifs is 2. The Bertz CT molecular complexity index is 3600. The second kappa shape index (κ2) is 22.7. The van der Waals surface area contributed by atoms with Crippen molar-refractivity contribution in [3.05, 3.63) is 163 Å². The number of pyridine rings is 2. The van der Waals surface area contributed by atoms with Crippen molar-refractivity contribution in [2.24, 2.45) is 21.8 Å². The van der Waals surface area contributed by atoms with Crippen LogP contribution in [0.3, 0.4) is 0 Å². The van der Waals surface area contributed by atoms with Gasteiger partial charge in [0.2, 0.25) is 0 Å². The van der Waals surface area contributed by atoms with Crippen LogP contribution in [-0.4, -0.2) is 72.2 Å². The molecule has 0 spiro atoms. The minimum atomic E-state index is -3.95. The number of hydrazone groups is 1. The summed E-state index contributed by atoms with van der Waals surface area (Å²) in [6.45, 7) is 11.7.